The highest BCUT2D eigenvalue weighted by Crippen LogP contribution is 2.36. The Morgan fingerprint density at radius 1 is 0.952 bits per heavy atom. The second kappa shape index (κ2) is 12.3. The smallest absolute Gasteiger partial charge is 0.240 e. The van der Waals surface area contributed by atoms with E-state index in [2.05, 4.69) is 33.1 Å². The molecule has 0 unspecified atom stereocenters. The maximum absolute atomic E-state index is 14.4. The monoisotopic (exact) mass is 585 g/mol. The van der Waals surface area contributed by atoms with Gasteiger partial charge in [-0.2, -0.15) is 0 Å². The molecule has 0 spiro atoms. The van der Waals surface area contributed by atoms with Gasteiger partial charge in [-0.15, -0.1) is 0 Å². The van der Waals surface area contributed by atoms with Crippen LogP contribution >= 0.6 is 11.8 Å². The van der Waals surface area contributed by atoms with Crippen molar-refractivity contribution in [2.24, 2.45) is 0 Å². The number of aryl methyl sites for hydroxylation is 2. The maximum Gasteiger partial charge on any atom is 0.240 e. The van der Waals surface area contributed by atoms with Gasteiger partial charge < -0.3 is 14.5 Å². The van der Waals surface area contributed by atoms with Crippen molar-refractivity contribution in [2.75, 3.05) is 44.7 Å². The lowest BCUT2D eigenvalue weighted by Crippen LogP contribution is -2.53. The summed E-state index contributed by atoms with van der Waals surface area (Å²) < 4.78 is 20.0. The molecule has 9 heteroatoms. The van der Waals surface area contributed by atoms with Crippen molar-refractivity contribution in [1.29, 1.82) is 0 Å². The Kier molecular flexibility index (Phi) is 8.31. The number of likely N-dealkylation sites (tertiary alicyclic amines) is 1. The Bertz CT molecular complexity index is 1570. The summed E-state index contributed by atoms with van der Waals surface area (Å²) >= 11 is 1.67. The Labute approximate surface area is 250 Å². The van der Waals surface area contributed by atoms with Gasteiger partial charge >= 0.3 is 0 Å². The maximum atomic E-state index is 14.4. The third-order valence-electron chi connectivity index (χ3n) is 8.24. The van der Waals surface area contributed by atoms with E-state index in [0.29, 0.717) is 38.4 Å². The number of para-hydroxylation sites is 1. The molecule has 3 aromatic carbocycles. The molecule has 2 saturated heterocycles. The number of fused-ring (bicyclic) bond motifs is 1. The fourth-order valence-electron chi connectivity index (χ4n) is 6.23. The number of hydrogen-bond donors (Lipinski definition) is 0. The van der Waals surface area contributed by atoms with E-state index in [1.165, 1.54) is 11.6 Å². The van der Waals surface area contributed by atoms with Crippen molar-refractivity contribution < 1.29 is 13.9 Å². The highest BCUT2D eigenvalue weighted by atomic mass is 32.2. The second-order valence-electron chi connectivity index (χ2n) is 11.1. The lowest BCUT2D eigenvalue weighted by molar-refractivity contribution is -0.136. The summed E-state index contributed by atoms with van der Waals surface area (Å²) in [6, 6.07) is 21.0. The molecule has 3 heterocycles. The van der Waals surface area contributed by atoms with Gasteiger partial charge in [0.1, 0.15) is 11.6 Å². The average Bonchev–Trinajstić information content (AvgIpc) is 3.38. The highest BCUT2D eigenvalue weighted by molar-refractivity contribution is 7.99. The third kappa shape index (κ3) is 5.94. The number of hydrogen-bond acceptors (Lipinski definition) is 7. The zero-order valence-corrected chi connectivity index (χ0v) is 25.1. The van der Waals surface area contributed by atoms with Gasteiger partial charge in [0.15, 0.2) is 5.16 Å². The van der Waals surface area contributed by atoms with Crippen LogP contribution in [0.1, 0.15) is 23.4 Å². The van der Waals surface area contributed by atoms with Crippen molar-refractivity contribution in [1.82, 2.24) is 19.8 Å². The molecule has 2 aliphatic heterocycles. The molecule has 2 fully saturated rings. The first-order valence-corrected chi connectivity index (χ1v) is 15.3. The molecular weight excluding hydrogens is 549 g/mol. The second-order valence-corrected chi connectivity index (χ2v) is 12.4. The SMILES string of the molecule is COc1ccc(CN2C[C@@H](Sc3nc(C)cc(C)n3)C[C@H]2C(=O)N2CCN(c3ccccc3F)CC2)c2ccccc12. The van der Waals surface area contributed by atoms with Crippen LogP contribution in [0.2, 0.25) is 0 Å². The molecule has 42 heavy (non-hydrogen) atoms. The van der Waals surface area contributed by atoms with Gasteiger partial charge in [0.25, 0.3) is 0 Å². The fraction of sp³-hybridized carbons (Fsp3) is 0.364. The third-order valence-corrected chi connectivity index (χ3v) is 9.30. The number of carbonyl (C=O) groups is 1. The van der Waals surface area contributed by atoms with E-state index in [0.717, 1.165) is 46.0 Å². The molecule has 2 aliphatic rings. The van der Waals surface area contributed by atoms with Gasteiger partial charge in [0.2, 0.25) is 5.91 Å². The van der Waals surface area contributed by atoms with E-state index in [-0.39, 0.29) is 23.0 Å². The molecule has 0 aliphatic carbocycles. The fourth-order valence-corrected chi connectivity index (χ4v) is 7.47. The number of benzene rings is 3. The Morgan fingerprint density at radius 3 is 2.36 bits per heavy atom. The van der Waals surface area contributed by atoms with Gasteiger partial charge in [0, 0.05) is 61.3 Å². The van der Waals surface area contributed by atoms with Crippen molar-refractivity contribution >= 4 is 34.1 Å². The van der Waals surface area contributed by atoms with E-state index in [1.807, 2.05) is 60.0 Å². The summed E-state index contributed by atoms with van der Waals surface area (Å²) in [5.41, 5.74) is 3.67. The molecule has 218 valence electrons. The Morgan fingerprint density at radius 2 is 1.64 bits per heavy atom. The largest absolute Gasteiger partial charge is 0.496 e. The van der Waals surface area contributed by atoms with Gasteiger partial charge in [-0.1, -0.05) is 54.2 Å². The normalized spacial score (nSPS) is 19.4. The van der Waals surface area contributed by atoms with Gasteiger partial charge in [-0.3, -0.25) is 9.69 Å². The number of piperazine rings is 1. The van der Waals surface area contributed by atoms with E-state index in [4.69, 9.17) is 4.74 Å². The number of nitrogens with zero attached hydrogens (tertiary/aromatic N) is 5. The first-order chi connectivity index (χ1) is 20.4. The number of aromatic nitrogens is 2. The van der Waals surface area contributed by atoms with Crippen molar-refractivity contribution in [2.45, 2.75) is 43.3 Å². The van der Waals surface area contributed by atoms with Crippen LogP contribution < -0.4 is 9.64 Å². The minimum atomic E-state index is -0.255. The quantitative estimate of drug-likeness (QED) is 0.266. The summed E-state index contributed by atoms with van der Waals surface area (Å²) in [6.07, 6.45) is 0.724. The summed E-state index contributed by atoms with van der Waals surface area (Å²) in [4.78, 5) is 29.7. The lowest BCUT2D eigenvalue weighted by atomic mass is 10.0. The first kappa shape index (κ1) is 28.4. The van der Waals surface area contributed by atoms with E-state index >= 15 is 0 Å². The molecular formula is C33H36FN5O2S. The predicted octanol–water partition coefficient (Wildman–Crippen LogP) is 5.48. The van der Waals surface area contributed by atoms with Crippen LogP contribution in [0.25, 0.3) is 10.8 Å². The van der Waals surface area contributed by atoms with E-state index in [1.54, 1.807) is 24.9 Å². The van der Waals surface area contributed by atoms with Crippen LogP contribution in [-0.4, -0.2) is 76.8 Å². The molecule has 1 aromatic heterocycles. The van der Waals surface area contributed by atoms with E-state index in [9.17, 15) is 9.18 Å². The number of ether oxygens (including phenoxy) is 1. The number of anilines is 1. The molecule has 0 bridgehead atoms. The van der Waals surface area contributed by atoms with Gasteiger partial charge in [0.05, 0.1) is 18.8 Å². The minimum Gasteiger partial charge on any atom is -0.496 e. The van der Waals surface area contributed by atoms with E-state index < -0.39 is 0 Å². The number of carbonyl (C=O) groups excluding carboxylic acids is 1. The minimum absolute atomic E-state index is 0.144. The zero-order chi connectivity index (χ0) is 29.2. The molecule has 2 atom stereocenters. The zero-order valence-electron chi connectivity index (χ0n) is 24.3. The number of rotatable bonds is 7. The summed E-state index contributed by atoms with van der Waals surface area (Å²) in [7, 11) is 1.69. The van der Waals surface area contributed by atoms with Crippen LogP contribution in [0.15, 0.2) is 71.9 Å². The number of amides is 1. The summed E-state index contributed by atoms with van der Waals surface area (Å²) in [5, 5.41) is 3.15. The molecule has 6 rings (SSSR count). The Hall–Kier alpha value is -3.69. The average molecular weight is 586 g/mol. The number of halogens is 1. The Balaban J connectivity index is 1.23. The van der Waals surface area contributed by atoms with Crippen LogP contribution in [0.5, 0.6) is 5.75 Å². The highest BCUT2D eigenvalue weighted by Gasteiger charge is 2.40. The molecule has 1 amide bonds. The molecule has 0 saturated carbocycles. The molecule has 0 N–H and O–H groups in total. The standard InChI is InChI=1S/C33H36FN5O2S/c1-22-18-23(2)36-33(35-22)42-25-19-30(32(40)38-16-14-37(15-17-38)29-11-7-6-10-28(29)34)39(21-25)20-24-12-13-31(41-3)27-9-5-4-8-26(24)27/h4-13,18,25,30H,14-17,19-21H2,1-3H3/t25-,30-/m0/s1. The van der Waals surface area contributed by atoms with Crippen molar-refractivity contribution in [3.63, 3.8) is 0 Å². The first-order valence-electron chi connectivity index (χ1n) is 14.5. The number of methoxy groups -OCH3 is 1. The summed E-state index contributed by atoms with van der Waals surface area (Å²) in [5.74, 6) is 0.765. The van der Waals surface area contributed by atoms with Crippen LogP contribution in [0.4, 0.5) is 10.1 Å². The molecule has 4 aromatic rings. The van der Waals surface area contributed by atoms with Crippen LogP contribution in [0, 0.1) is 19.7 Å². The van der Waals surface area contributed by atoms with Crippen LogP contribution in [-0.2, 0) is 11.3 Å². The lowest BCUT2D eigenvalue weighted by Gasteiger charge is -2.38. The van der Waals surface area contributed by atoms with Gasteiger partial charge in [-0.25, -0.2) is 14.4 Å². The predicted molar refractivity (Wildman–Crippen MR) is 166 cm³/mol. The summed E-state index contributed by atoms with van der Waals surface area (Å²) in [6.45, 7) is 7.74. The van der Waals surface area contributed by atoms with Crippen LogP contribution in [0.3, 0.4) is 0 Å². The topological polar surface area (TPSA) is 61.8 Å². The molecule has 7 nitrogen and oxygen atoms in total. The number of thioether (sulfide) groups is 1. The molecule has 0 radical (unpaired) electrons. The van der Waals surface area contributed by atoms with Crippen molar-refractivity contribution in [3.8, 4) is 5.75 Å². The van der Waals surface area contributed by atoms with Crippen molar-refractivity contribution in [3.05, 3.63) is 89.5 Å². The van der Waals surface area contributed by atoms with Gasteiger partial charge in [-0.05, 0) is 55.5 Å².